The van der Waals surface area contributed by atoms with Crippen molar-refractivity contribution in [3.05, 3.63) is 11.5 Å². The van der Waals surface area contributed by atoms with Crippen LogP contribution < -0.4 is 0 Å². The van der Waals surface area contributed by atoms with Crippen molar-refractivity contribution in [2.45, 2.75) is 13.0 Å². The Bertz CT molecular complexity index is 241. The van der Waals surface area contributed by atoms with E-state index in [9.17, 15) is 8.42 Å². The average Bonchev–Trinajstić information content (AvgIpc) is 1.84. The summed E-state index contributed by atoms with van der Waals surface area (Å²) >= 11 is 0. The fourth-order valence-corrected chi connectivity index (χ4v) is 0.650. The number of rotatable bonds is 5. The molecular weight excluding hydrogens is 184 g/mol. The minimum absolute atomic E-state index is 0.00847. The van der Waals surface area contributed by atoms with Gasteiger partial charge in [0.05, 0.1) is 24.2 Å². The van der Waals surface area contributed by atoms with Crippen LogP contribution in [0.25, 0.3) is 0 Å². The lowest BCUT2D eigenvalue weighted by molar-refractivity contribution is 0.0586. The molecular formula is C6H12O5S. The summed E-state index contributed by atoms with van der Waals surface area (Å²) < 4.78 is 33.7. The summed E-state index contributed by atoms with van der Waals surface area (Å²) in [4.78, 5) is -0.414. The number of ether oxygens (including phenoxy) is 1. The molecule has 0 aromatic rings. The Morgan fingerprint density at radius 3 is 2.50 bits per heavy atom. The third-order valence-corrected chi connectivity index (χ3v) is 1.83. The van der Waals surface area contributed by atoms with Crippen molar-refractivity contribution in [2.24, 2.45) is 0 Å². The number of aliphatic hydroxyl groups is 1. The van der Waals surface area contributed by atoms with E-state index in [1.165, 1.54) is 6.92 Å². The van der Waals surface area contributed by atoms with Crippen LogP contribution in [0.3, 0.4) is 0 Å². The molecule has 0 amide bonds. The topological polar surface area (TPSA) is 83.8 Å². The molecule has 0 aromatic carbocycles. The van der Waals surface area contributed by atoms with Gasteiger partial charge in [-0.2, -0.15) is 8.42 Å². The first-order valence-electron chi connectivity index (χ1n) is 3.25. The van der Waals surface area contributed by atoms with E-state index >= 15 is 0 Å². The Labute approximate surface area is 71.4 Å². The molecule has 1 unspecified atom stereocenters. The maximum absolute atomic E-state index is 10.3. The minimum Gasteiger partial charge on any atom is -0.391 e. The Balaban J connectivity index is 3.75. The highest BCUT2D eigenvalue weighted by Gasteiger charge is 2.10. The molecule has 0 saturated heterocycles. The molecule has 1 atom stereocenters. The van der Waals surface area contributed by atoms with E-state index in [0.29, 0.717) is 0 Å². The maximum Gasteiger partial charge on any atom is 0.292 e. The Morgan fingerprint density at radius 2 is 2.17 bits per heavy atom. The lowest BCUT2D eigenvalue weighted by Crippen LogP contribution is -2.14. The molecule has 0 rings (SSSR count). The van der Waals surface area contributed by atoms with Crippen LogP contribution in [0.15, 0.2) is 11.5 Å². The van der Waals surface area contributed by atoms with Crippen molar-refractivity contribution in [3.8, 4) is 0 Å². The van der Waals surface area contributed by atoms with Gasteiger partial charge in [0.1, 0.15) is 0 Å². The van der Waals surface area contributed by atoms with Crippen LogP contribution in [0, 0.1) is 0 Å². The molecule has 6 heteroatoms. The molecule has 0 fully saturated rings. The van der Waals surface area contributed by atoms with Gasteiger partial charge < -0.3 is 9.84 Å². The van der Waals surface area contributed by atoms with E-state index in [4.69, 9.17) is 14.4 Å². The average molecular weight is 196 g/mol. The van der Waals surface area contributed by atoms with Gasteiger partial charge in [0, 0.05) is 0 Å². The van der Waals surface area contributed by atoms with Crippen LogP contribution in [-0.2, 0) is 14.9 Å². The quantitative estimate of drug-likeness (QED) is 0.594. The molecule has 12 heavy (non-hydrogen) atoms. The third-order valence-electron chi connectivity index (χ3n) is 0.987. The molecule has 0 bridgehead atoms. The first-order valence-corrected chi connectivity index (χ1v) is 4.69. The highest BCUT2D eigenvalue weighted by Crippen LogP contribution is 2.00. The van der Waals surface area contributed by atoms with E-state index in [2.05, 4.69) is 6.58 Å². The van der Waals surface area contributed by atoms with Crippen molar-refractivity contribution in [1.29, 1.82) is 0 Å². The molecule has 0 aromatic heterocycles. The van der Waals surface area contributed by atoms with Crippen molar-refractivity contribution in [2.75, 3.05) is 13.2 Å². The van der Waals surface area contributed by atoms with Gasteiger partial charge >= 0.3 is 0 Å². The normalized spacial score (nSPS) is 14.2. The molecule has 2 N–H and O–H groups in total. The highest BCUT2D eigenvalue weighted by atomic mass is 32.2. The van der Waals surface area contributed by atoms with Crippen molar-refractivity contribution in [1.82, 2.24) is 0 Å². The first kappa shape index (κ1) is 11.6. The number of hydrogen-bond donors (Lipinski definition) is 2. The van der Waals surface area contributed by atoms with Gasteiger partial charge in [-0.15, -0.1) is 0 Å². The largest absolute Gasteiger partial charge is 0.391 e. The van der Waals surface area contributed by atoms with E-state index in [0.717, 1.165) is 0 Å². The summed E-state index contributed by atoms with van der Waals surface area (Å²) in [5.74, 6) is 0. The van der Waals surface area contributed by atoms with Crippen molar-refractivity contribution in [3.63, 3.8) is 0 Å². The van der Waals surface area contributed by atoms with Gasteiger partial charge in [-0.1, -0.05) is 6.58 Å². The fourth-order valence-electron chi connectivity index (χ4n) is 0.418. The summed E-state index contributed by atoms with van der Waals surface area (Å²) in [6.45, 7) is 4.28. The van der Waals surface area contributed by atoms with Gasteiger partial charge in [-0.05, 0) is 6.92 Å². The molecule has 0 radical (unpaired) electrons. The predicted octanol–water partition coefficient (Wildman–Crippen LogP) is -0.215. The second-order valence-electron chi connectivity index (χ2n) is 2.38. The van der Waals surface area contributed by atoms with E-state index in [1.54, 1.807) is 0 Å². The third kappa shape index (κ3) is 5.25. The standard InChI is InChI=1S/C6H12O5S/c1-5(7)3-11-4-6(2)12(8,9)10/h5,7H,2-4H2,1H3,(H,8,9,10). The molecule has 0 aliphatic heterocycles. The summed E-state index contributed by atoms with van der Waals surface area (Å²) in [5.41, 5.74) is 0. The smallest absolute Gasteiger partial charge is 0.292 e. The van der Waals surface area contributed by atoms with E-state index in [-0.39, 0.29) is 13.2 Å². The van der Waals surface area contributed by atoms with E-state index in [1.807, 2.05) is 0 Å². The lowest BCUT2D eigenvalue weighted by atomic mass is 10.4. The zero-order chi connectivity index (χ0) is 9.78. The van der Waals surface area contributed by atoms with Crippen molar-refractivity contribution >= 4 is 10.1 Å². The zero-order valence-corrected chi connectivity index (χ0v) is 7.54. The molecule has 0 saturated carbocycles. The van der Waals surface area contributed by atoms with Crippen LogP contribution in [0.4, 0.5) is 0 Å². The van der Waals surface area contributed by atoms with Crippen molar-refractivity contribution < 1.29 is 22.8 Å². The molecule has 72 valence electrons. The summed E-state index contributed by atoms with van der Waals surface area (Å²) in [5, 5.41) is 8.70. The lowest BCUT2D eigenvalue weighted by Gasteiger charge is -2.05. The van der Waals surface area contributed by atoms with Crippen LogP contribution in [0.1, 0.15) is 6.92 Å². The first-order chi connectivity index (χ1) is 5.34. The molecule has 0 heterocycles. The summed E-state index contributed by atoms with van der Waals surface area (Å²) in [7, 11) is -4.20. The molecule has 0 aliphatic rings. The van der Waals surface area contributed by atoms with Crippen LogP contribution in [-0.4, -0.2) is 37.4 Å². The summed E-state index contributed by atoms with van der Waals surface area (Å²) in [6.07, 6.45) is -0.667. The van der Waals surface area contributed by atoms with E-state index < -0.39 is 21.1 Å². The molecule has 0 aliphatic carbocycles. The molecule has 5 nitrogen and oxygen atoms in total. The van der Waals surface area contributed by atoms with Gasteiger partial charge in [0.25, 0.3) is 10.1 Å². The SMILES string of the molecule is C=C(COCC(C)O)S(=O)(=O)O. The van der Waals surface area contributed by atoms with Gasteiger partial charge in [-0.3, -0.25) is 4.55 Å². The summed E-state index contributed by atoms with van der Waals surface area (Å²) in [6, 6.07) is 0. The monoisotopic (exact) mass is 196 g/mol. The Hall–Kier alpha value is -0.430. The van der Waals surface area contributed by atoms with Gasteiger partial charge in [0.15, 0.2) is 0 Å². The number of aliphatic hydroxyl groups excluding tert-OH is 1. The number of hydrogen-bond acceptors (Lipinski definition) is 4. The van der Waals surface area contributed by atoms with Crippen LogP contribution in [0.2, 0.25) is 0 Å². The fraction of sp³-hybridized carbons (Fsp3) is 0.667. The van der Waals surface area contributed by atoms with Crippen LogP contribution >= 0.6 is 0 Å². The minimum atomic E-state index is -4.20. The second-order valence-corrected chi connectivity index (χ2v) is 3.91. The van der Waals surface area contributed by atoms with Crippen LogP contribution in [0.5, 0.6) is 0 Å². The predicted molar refractivity (Wildman–Crippen MR) is 43.2 cm³/mol. The Kier molecular flexibility index (Phi) is 4.40. The van der Waals surface area contributed by atoms with Gasteiger partial charge in [0.2, 0.25) is 0 Å². The maximum atomic E-state index is 10.3. The second kappa shape index (κ2) is 4.56. The highest BCUT2D eigenvalue weighted by molar-refractivity contribution is 7.89. The molecule has 0 spiro atoms. The Morgan fingerprint density at radius 1 is 1.67 bits per heavy atom. The van der Waals surface area contributed by atoms with Gasteiger partial charge in [-0.25, -0.2) is 0 Å². The zero-order valence-electron chi connectivity index (χ0n) is 6.73.